The Kier molecular flexibility index (Phi) is 1.18. The molecule has 0 amide bonds. The predicted molar refractivity (Wildman–Crippen MR) is 41.5 cm³/mol. The Morgan fingerprint density at radius 2 is 1.18 bits per heavy atom. The van der Waals surface area contributed by atoms with Crippen LogP contribution in [-0.4, -0.2) is 6.10 Å². The highest BCUT2D eigenvalue weighted by molar-refractivity contribution is 4.97. The normalized spacial score (nSPS) is 60.3. The van der Waals surface area contributed by atoms with Crippen LogP contribution in [0.15, 0.2) is 0 Å². The second kappa shape index (κ2) is 2.01. The standard InChI is InChI=1S/C10H15O/c11-10-8-2-6-1-7(4-8)5-9(10)3-6/h6-10H,1-5H2. The molecule has 11 heavy (non-hydrogen) atoms. The lowest BCUT2D eigenvalue weighted by Crippen LogP contribution is -2.47. The van der Waals surface area contributed by atoms with Crippen LogP contribution in [0.5, 0.6) is 0 Å². The van der Waals surface area contributed by atoms with Gasteiger partial charge in [-0.3, -0.25) is 0 Å². The predicted octanol–water partition coefficient (Wildman–Crippen LogP) is 2.24. The Balaban J connectivity index is 1.91. The monoisotopic (exact) mass is 151 g/mol. The van der Waals surface area contributed by atoms with Crippen LogP contribution in [0.2, 0.25) is 0 Å². The van der Waals surface area contributed by atoms with Gasteiger partial charge in [-0.25, -0.2) is 5.11 Å². The van der Waals surface area contributed by atoms with Gasteiger partial charge in [0.1, 0.15) is 0 Å². The fraction of sp³-hybridized carbons (Fsp3) is 1.00. The van der Waals surface area contributed by atoms with Gasteiger partial charge in [-0.2, -0.15) is 0 Å². The molecule has 4 saturated carbocycles. The van der Waals surface area contributed by atoms with Crippen molar-refractivity contribution in [2.24, 2.45) is 23.7 Å². The van der Waals surface area contributed by atoms with Crippen molar-refractivity contribution in [2.75, 3.05) is 0 Å². The van der Waals surface area contributed by atoms with E-state index in [-0.39, 0.29) is 6.10 Å². The van der Waals surface area contributed by atoms with Gasteiger partial charge in [0.15, 0.2) is 0 Å². The Hall–Kier alpha value is -0.0400. The molecule has 4 rings (SSSR count). The summed E-state index contributed by atoms with van der Waals surface area (Å²) in [5.41, 5.74) is 0. The van der Waals surface area contributed by atoms with Crippen molar-refractivity contribution in [3.63, 3.8) is 0 Å². The average molecular weight is 151 g/mol. The second-order valence-corrected chi connectivity index (χ2v) is 4.90. The first-order valence-electron chi connectivity index (χ1n) is 4.98. The lowest BCUT2D eigenvalue weighted by Gasteiger charge is -2.51. The van der Waals surface area contributed by atoms with Crippen molar-refractivity contribution in [1.29, 1.82) is 0 Å². The van der Waals surface area contributed by atoms with Crippen molar-refractivity contribution in [1.82, 2.24) is 0 Å². The van der Waals surface area contributed by atoms with Crippen LogP contribution in [0.1, 0.15) is 32.1 Å². The first-order chi connectivity index (χ1) is 5.33. The molecule has 0 atom stereocenters. The van der Waals surface area contributed by atoms with Crippen LogP contribution >= 0.6 is 0 Å². The van der Waals surface area contributed by atoms with Crippen molar-refractivity contribution >= 4 is 0 Å². The van der Waals surface area contributed by atoms with Gasteiger partial charge in [-0.05, 0) is 55.8 Å². The van der Waals surface area contributed by atoms with Crippen LogP contribution in [-0.2, 0) is 5.11 Å². The van der Waals surface area contributed by atoms with Gasteiger partial charge in [0, 0.05) is 0 Å². The molecule has 0 heterocycles. The smallest absolute Gasteiger partial charge is 0.0986 e. The zero-order valence-corrected chi connectivity index (χ0v) is 6.83. The Morgan fingerprint density at radius 3 is 1.64 bits per heavy atom. The highest BCUT2D eigenvalue weighted by atomic mass is 16.3. The Bertz CT molecular complexity index is 148. The summed E-state index contributed by atoms with van der Waals surface area (Å²) in [4.78, 5) is 0. The SMILES string of the molecule is [O]C1C2CC3CC(C2)CC1C3. The zero-order chi connectivity index (χ0) is 7.42. The van der Waals surface area contributed by atoms with Crippen molar-refractivity contribution in [3.05, 3.63) is 0 Å². The lowest BCUT2D eigenvalue weighted by atomic mass is 9.55. The molecule has 4 aliphatic rings. The lowest BCUT2D eigenvalue weighted by molar-refractivity contribution is -0.122. The van der Waals surface area contributed by atoms with Gasteiger partial charge in [0.05, 0.1) is 6.10 Å². The van der Waals surface area contributed by atoms with Crippen molar-refractivity contribution in [2.45, 2.75) is 38.2 Å². The second-order valence-electron chi connectivity index (χ2n) is 4.90. The fourth-order valence-corrected chi connectivity index (χ4v) is 3.88. The van der Waals surface area contributed by atoms with E-state index in [4.69, 9.17) is 0 Å². The minimum Gasteiger partial charge on any atom is -0.233 e. The van der Waals surface area contributed by atoms with E-state index in [1.54, 1.807) is 0 Å². The molecule has 1 nitrogen and oxygen atoms in total. The topological polar surface area (TPSA) is 19.9 Å². The van der Waals surface area contributed by atoms with Crippen molar-refractivity contribution in [3.8, 4) is 0 Å². The van der Waals surface area contributed by atoms with Gasteiger partial charge in [0.2, 0.25) is 0 Å². The fourth-order valence-electron chi connectivity index (χ4n) is 3.88. The molecule has 0 aromatic heterocycles. The molecule has 0 saturated heterocycles. The van der Waals surface area contributed by atoms with E-state index in [2.05, 4.69) is 0 Å². The minimum atomic E-state index is -0.164. The number of hydrogen-bond donors (Lipinski definition) is 0. The molecule has 4 aliphatic carbocycles. The maximum absolute atomic E-state index is 11.7. The van der Waals surface area contributed by atoms with E-state index >= 15 is 0 Å². The van der Waals surface area contributed by atoms with E-state index in [0.29, 0.717) is 11.8 Å². The van der Waals surface area contributed by atoms with Crippen LogP contribution in [0.3, 0.4) is 0 Å². The maximum Gasteiger partial charge on any atom is 0.0986 e. The van der Waals surface area contributed by atoms with E-state index in [1.165, 1.54) is 32.1 Å². The molecule has 4 fully saturated rings. The molecule has 0 unspecified atom stereocenters. The third-order valence-electron chi connectivity index (χ3n) is 4.14. The molecule has 0 aromatic rings. The summed E-state index contributed by atoms with van der Waals surface area (Å²) in [6.07, 6.45) is 6.41. The largest absolute Gasteiger partial charge is 0.233 e. The summed E-state index contributed by atoms with van der Waals surface area (Å²) in [7, 11) is 0. The highest BCUT2D eigenvalue weighted by Gasteiger charge is 2.48. The van der Waals surface area contributed by atoms with Gasteiger partial charge < -0.3 is 0 Å². The molecular weight excluding hydrogens is 136 g/mol. The Labute approximate surface area is 67.8 Å². The molecule has 1 heteroatoms. The summed E-state index contributed by atoms with van der Waals surface area (Å²) in [5, 5.41) is 11.7. The maximum atomic E-state index is 11.7. The molecule has 0 aromatic carbocycles. The van der Waals surface area contributed by atoms with Crippen LogP contribution < -0.4 is 0 Å². The molecule has 0 spiro atoms. The van der Waals surface area contributed by atoms with Gasteiger partial charge in [0.25, 0.3) is 0 Å². The molecule has 4 bridgehead atoms. The molecule has 0 N–H and O–H groups in total. The minimum absolute atomic E-state index is 0.164. The summed E-state index contributed by atoms with van der Waals surface area (Å²) < 4.78 is 0. The summed E-state index contributed by atoms with van der Waals surface area (Å²) in [5.74, 6) is 3.10. The number of hydrogen-bond acceptors (Lipinski definition) is 0. The third kappa shape index (κ3) is 0.807. The number of rotatable bonds is 0. The summed E-state index contributed by atoms with van der Waals surface area (Å²) in [6, 6.07) is 0. The van der Waals surface area contributed by atoms with E-state index < -0.39 is 0 Å². The summed E-state index contributed by atoms with van der Waals surface area (Å²) >= 11 is 0. The average Bonchev–Trinajstić information content (AvgIpc) is 1.98. The van der Waals surface area contributed by atoms with Crippen LogP contribution in [0, 0.1) is 23.7 Å². The summed E-state index contributed by atoms with van der Waals surface area (Å²) in [6.45, 7) is 0. The zero-order valence-electron chi connectivity index (χ0n) is 6.83. The first kappa shape index (κ1) is 6.47. The molecular formula is C10H15O. The Morgan fingerprint density at radius 1 is 0.727 bits per heavy atom. The van der Waals surface area contributed by atoms with Crippen LogP contribution in [0.4, 0.5) is 0 Å². The highest BCUT2D eigenvalue weighted by Crippen LogP contribution is 2.53. The van der Waals surface area contributed by atoms with E-state index in [1.807, 2.05) is 0 Å². The van der Waals surface area contributed by atoms with Gasteiger partial charge in [-0.15, -0.1) is 0 Å². The van der Waals surface area contributed by atoms with Crippen LogP contribution in [0.25, 0.3) is 0 Å². The van der Waals surface area contributed by atoms with Crippen molar-refractivity contribution < 1.29 is 5.11 Å². The quantitative estimate of drug-likeness (QED) is 0.506. The van der Waals surface area contributed by atoms with E-state index in [0.717, 1.165) is 11.8 Å². The van der Waals surface area contributed by atoms with E-state index in [9.17, 15) is 5.11 Å². The van der Waals surface area contributed by atoms with Gasteiger partial charge in [-0.1, -0.05) is 0 Å². The molecule has 1 radical (unpaired) electrons. The third-order valence-corrected chi connectivity index (χ3v) is 4.14. The van der Waals surface area contributed by atoms with Gasteiger partial charge >= 0.3 is 0 Å². The molecule has 0 aliphatic heterocycles. The molecule has 61 valence electrons. The first-order valence-corrected chi connectivity index (χ1v) is 4.98.